The number of aliphatic carboxylic acids is 1. The molecule has 0 spiro atoms. The number of amides is 2. The molecule has 3 aromatic carbocycles. The molecule has 2 bridgehead atoms. The molecule has 0 aromatic heterocycles. The summed E-state index contributed by atoms with van der Waals surface area (Å²) in [6.45, 7) is 0. The minimum atomic E-state index is -1.60. The van der Waals surface area contributed by atoms with Crippen LogP contribution in [0, 0.1) is 11.8 Å². The van der Waals surface area contributed by atoms with Gasteiger partial charge in [0, 0.05) is 10.4 Å². The highest BCUT2D eigenvalue weighted by atomic mass is 79.9. The van der Waals surface area contributed by atoms with Crippen LogP contribution in [0.25, 0.3) is 0 Å². The fourth-order valence-corrected chi connectivity index (χ4v) is 6.47. The molecule has 5 nitrogen and oxygen atoms in total. The minimum absolute atomic E-state index is 0.346. The highest BCUT2D eigenvalue weighted by Gasteiger charge is 2.71. The summed E-state index contributed by atoms with van der Waals surface area (Å²) in [7, 11) is 0. The average Bonchev–Trinajstić information content (AvgIpc) is 3.05. The molecule has 1 N–H and O–H groups in total. The molecule has 3 aromatic rings. The highest BCUT2D eigenvalue weighted by Crippen LogP contribution is 2.64. The molecule has 0 unspecified atom stereocenters. The molecule has 1 aliphatic heterocycles. The van der Waals surface area contributed by atoms with E-state index < -0.39 is 29.1 Å². The van der Waals surface area contributed by atoms with Gasteiger partial charge in [0.25, 0.3) is 0 Å². The van der Waals surface area contributed by atoms with E-state index >= 15 is 0 Å². The summed E-state index contributed by atoms with van der Waals surface area (Å²) in [6, 6.07) is 21.7. The van der Waals surface area contributed by atoms with E-state index in [0.717, 1.165) is 11.1 Å². The van der Waals surface area contributed by atoms with Crippen molar-refractivity contribution in [3.63, 3.8) is 0 Å². The van der Waals surface area contributed by atoms with Crippen molar-refractivity contribution < 1.29 is 19.5 Å². The maximum Gasteiger partial charge on any atom is 0.319 e. The van der Waals surface area contributed by atoms with Gasteiger partial charge in [-0.05, 0) is 50.3 Å². The van der Waals surface area contributed by atoms with E-state index in [2.05, 4.69) is 15.9 Å². The number of halogens is 1. The summed E-state index contributed by atoms with van der Waals surface area (Å²) < 4.78 is 0.613. The molecular formula is C25H16BrNO4. The lowest BCUT2D eigenvalue weighted by Gasteiger charge is -2.51. The van der Waals surface area contributed by atoms with Crippen molar-refractivity contribution in [3.05, 3.63) is 99.5 Å². The maximum atomic E-state index is 13.8. The molecule has 4 aliphatic rings. The first-order valence-corrected chi connectivity index (χ1v) is 10.8. The van der Waals surface area contributed by atoms with Crippen LogP contribution in [0.1, 0.15) is 28.2 Å². The Labute approximate surface area is 186 Å². The third-order valence-corrected chi connectivity index (χ3v) is 7.72. The molecule has 0 saturated carbocycles. The lowest BCUT2D eigenvalue weighted by Crippen LogP contribution is -2.57. The Morgan fingerprint density at radius 1 is 0.839 bits per heavy atom. The number of para-hydroxylation sites is 1. The van der Waals surface area contributed by atoms with Crippen molar-refractivity contribution in [2.24, 2.45) is 11.8 Å². The summed E-state index contributed by atoms with van der Waals surface area (Å²) in [5.41, 5.74) is 1.71. The first-order valence-electron chi connectivity index (χ1n) is 10.0. The third-order valence-electron chi connectivity index (χ3n) is 7.05. The number of benzene rings is 3. The molecular weight excluding hydrogens is 458 g/mol. The van der Waals surface area contributed by atoms with Gasteiger partial charge in [-0.3, -0.25) is 14.4 Å². The Morgan fingerprint density at radius 2 is 1.39 bits per heavy atom. The predicted molar refractivity (Wildman–Crippen MR) is 117 cm³/mol. The van der Waals surface area contributed by atoms with Crippen molar-refractivity contribution in [3.8, 4) is 0 Å². The van der Waals surface area contributed by atoms with Gasteiger partial charge in [0.1, 0.15) is 5.41 Å². The van der Waals surface area contributed by atoms with Gasteiger partial charge in [-0.1, -0.05) is 60.7 Å². The number of carbonyl (C=O) groups is 3. The van der Waals surface area contributed by atoms with Crippen LogP contribution in [0.4, 0.5) is 5.69 Å². The molecule has 2 amide bonds. The van der Waals surface area contributed by atoms with Crippen LogP contribution in [-0.2, 0) is 19.8 Å². The number of imide groups is 1. The van der Waals surface area contributed by atoms with Gasteiger partial charge in [-0.15, -0.1) is 0 Å². The van der Waals surface area contributed by atoms with Crippen molar-refractivity contribution in [2.75, 3.05) is 4.90 Å². The fraction of sp³-hybridized carbons (Fsp3) is 0.160. The molecule has 2 atom stereocenters. The van der Waals surface area contributed by atoms with E-state index in [1.54, 1.807) is 48.5 Å². The van der Waals surface area contributed by atoms with Crippen molar-refractivity contribution in [1.29, 1.82) is 0 Å². The highest BCUT2D eigenvalue weighted by molar-refractivity contribution is 9.10. The second-order valence-corrected chi connectivity index (χ2v) is 9.09. The van der Waals surface area contributed by atoms with E-state index in [0.29, 0.717) is 21.3 Å². The van der Waals surface area contributed by atoms with Crippen LogP contribution in [0.5, 0.6) is 0 Å². The number of carboxylic acid groups (broad SMARTS) is 1. The van der Waals surface area contributed by atoms with Gasteiger partial charge in [-0.2, -0.15) is 0 Å². The molecule has 152 valence electrons. The van der Waals surface area contributed by atoms with E-state index in [1.165, 1.54) is 4.90 Å². The smallest absolute Gasteiger partial charge is 0.319 e. The van der Waals surface area contributed by atoms with Crippen LogP contribution >= 0.6 is 15.9 Å². The molecule has 1 fully saturated rings. The monoisotopic (exact) mass is 473 g/mol. The zero-order valence-corrected chi connectivity index (χ0v) is 17.7. The Balaban J connectivity index is 1.69. The molecule has 7 rings (SSSR count). The van der Waals surface area contributed by atoms with Gasteiger partial charge >= 0.3 is 5.97 Å². The molecule has 0 radical (unpaired) electrons. The average molecular weight is 474 g/mol. The van der Waals surface area contributed by atoms with Gasteiger partial charge in [0.2, 0.25) is 11.8 Å². The van der Waals surface area contributed by atoms with Gasteiger partial charge < -0.3 is 5.11 Å². The van der Waals surface area contributed by atoms with Crippen molar-refractivity contribution in [2.45, 2.75) is 11.3 Å². The largest absolute Gasteiger partial charge is 0.480 e. The quantitative estimate of drug-likeness (QED) is 0.568. The van der Waals surface area contributed by atoms with E-state index in [9.17, 15) is 19.5 Å². The summed E-state index contributed by atoms with van der Waals surface area (Å²) in [5, 5.41) is 10.7. The SMILES string of the molecule is O=C1[C@H]2C3c4ccccc4C(C(=O)O)(c4ccccc43)[C@H]2C(=O)N1c1ccccc1Br. The lowest BCUT2D eigenvalue weighted by atomic mass is 9.47. The summed E-state index contributed by atoms with van der Waals surface area (Å²) in [6.07, 6.45) is 0. The molecule has 1 heterocycles. The van der Waals surface area contributed by atoms with Crippen molar-refractivity contribution >= 4 is 39.4 Å². The number of rotatable bonds is 2. The van der Waals surface area contributed by atoms with Crippen LogP contribution < -0.4 is 4.90 Å². The van der Waals surface area contributed by atoms with Crippen LogP contribution in [-0.4, -0.2) is 22.9 Å². The topological polar surface area (TPSA) is 74.7 Å². The number of hydrogen-bond acceptors (Lipinski definition) is 3. The fourth-order valence-electron chi connectivity index (χ4n) is 6.01. The van der Waals surface area contributed by atoms with E-state index in [-0.39, 0.29) is 11.8 Å². The number of hydrogen-bond donors (Lipinski definition) is 1. The second kappa shape index (κ2) is 6.14. The van der Waals surface area contributed by atoms with Crippen molar-refractivity contribution in [1.82, 2.24) is 0 Å². The Hall–Kier alpha value is -3.25. The molecule has 6 heteroatoms. The van der Waals surface area contributed by atoms with Gasteiger partial charge in [0.15, 0.2) is 0 Å². The van der Waals surface area contributed by atoms with Crippen LogP contribution in [0.15, 0.2) is 77.3 Å². The molecule has 31 heavy (non-hydrogen) atoms. The first kappa shape index (κ1) is 18.5. The number of anilines is 1. The zero-order valence-electron chi connectivity index (χ0n) is 16.2. The van der Waals surface area contributed by atoms with Crippen LogP contribution in [0.2, 0.25) is 0 Å². The number of carboxylic acids is 1. The zero-order chi connectivity index (χ0) is 21.5. The maximum absolute atomic E-state index is 13.8. The lowest BCUT2D eigenvalue weighted by molar-refractivity contribution is -0.149. The Morgan fingerprint density at radius 3 is 1.97 bits per heavy atom. The normalized spacial score (nSPS) is 27.6. The summed E-state index contributed by atoms with van der Waals surface area (Å²) in [4.78, 5) is 41.9. The summed E-state index contributed by atoms with van der Waals surface area (Å²) in [5.74, 6) is -4.03. The third kappa shape index (κ3) is 2.03. The van der Waals surface area contributed by atoms with Gasteiger partial charge in [-0.25, -0.2) is 4.90 Å². The number of nitrogens with zero attached hydrogens (tertiary/aromatic N) is 1. The standard InChI is InChI=1S/C25H16BrNO4/c26-17-11-5-6-12-18(17)27-22(28)20-19-13-7-1-3-9-15(13)25(24(30)31,21(20)23(27)29)16-10-4-2-8-14(16)19/h1-12,19-21H,(H,30,31)/t19?,20-,21+,25?/m0/s1. The second-order valence-electron chi connectivity index (χ2n) is 8.23. The summed E-state index contributed by atoms with van der Waals surface area (Å²) >= 11 is 3.44. The predicted octanol–water partition coefficient (Wildman–Crippen LogP) is 4.08. The van der Waals surface area contributed by atoms with Crippen LogP contribution in [0.3, 0.4) is 0 Å². The van der Waals surface area contributed by atoms with Gasteiger partial charge in [0.05, 0.1) is 17.5 Å². The van der Waals surface area contributed by atoms with E-state index in [4.69, 9.17) is 0 Å². The number of carbonyl (C=O) groups excluding carboxylic acids is 2. The molecule has 3 aliphatic carbocycles. The Bertz CT molecular complexity index is 1270. The van der Waals surface area contributed by atoms with E-state index in [1.807, 2.05) is 24.3 Å². The molecule has 1 saturated heterocycles. The Kier molecular flexibility index (Phi) is 3.67. The minimum Gasteiger partial charge on any atom is -0.480 e. The first-order chi connectivity index (χ1) is 15.0.